The molecule has 0 aliphatic carbocycles. The normalized spacial score (nSPS) is 16.5. The van der Waals surface area contributed by atoms with Crippen LogP contribution in [0, 0.1) is 0 Å². The molecule has 5 rings (SSSR count). The van der Waals surface area contributed by atoms with Crippen LogP contribution >= 0.6 is 23.4 Å². The Morgan fingerprint density at radius 1 is 1.21 bits per heavy atom. The lowest BCUT2D eigenvalue weighted by Crippen LogP contribution is -2.20. The van der Waals surface area contributed by atoms with E-state index in [0.29, 0.717) is 24.2 Å². The van der Waals surface area contributed by atoms with Crippen LogP contribution in [0.2, 0.25) is 5.15 Å². The molecule has 0 radical (unpaired) electrons. The Morgan fingerprint density at radius 2 is 2.06 bits per heavy atom. The number of aromatic nitrogens is 5. The van der Waals surface area contributed by atoms with E-state index in [1.807, 2.05) is 42.3 Å². The Bertz CT molecular complexity index is 1330. The van der Waals surface area contributed by atoms with Crippen molar-refractivity contribution in [3.8, 4) is 11.3 Å². The van der Waals surface area contributed by atoms with Crippen molar-refractivity contribution in [2.75, 3.05) is 18.2 Å². The molecule has 0 amide bonds. The Morgan fingerprint density at radius 3 is 2.74 bits per heavy atom. The van der Waals surface area contributed by atoms with Crippen molar-refractivity contribution in [3.05, 3.63) is 47.8 Å². The molecule has 7 nitrogen and oxygen atoms in total. The van der Waals surface area contributed by atoms with Crippen molar-refractivity contribution >= 4 is 45.9 Å². The molecule has 4 aromatic rings. The Kier molecular flexibility index (Phi) is 6.46. The van der Waals surface area contributed by atoms with Crippen LogP contribution in [-0.2, 0) is 11.8 Å². The van der Waals surface area contributed by atoms with Gasteiger partial charge in [-0.15, -0.1) is 11.8 Å². The zero-order valence-corrected chi connectivity index (χ0v) is 20.2. The van der Waals surface area contributed by atoms with Crippen LogP contribution in [0.25, 0.3) is 22.4 Å². The lowest BCUT2D eigenvalue weighted by molar-refractivity contribution is -0.0363. The number of ether oxygens (including phenoxy) is 1. The lowest BCUT2D eigenvalue weighted by Gasteiger charge is -2.25. The van der Waals surface area contributed by atoms with Crippen molar-refractivity contribution in [1.82, 2.24) is 24.1 Å². The van der Waals surface area contributed by atoms with E-state index in [4.69, 9.17) is 16.3 Å². The zero-order chi connectivity index (χ0) is 23.8. The van der Waals surface area contributed by atoms with Crippen molar-refractivity contribution in [1.29, 1.82) is 0 Å². The molecule has 11 heteroatoms. The van der Waals surface area contributed by atoms with E-state index in [9.17, 15) is 8.78 Å². The van der Waals surface area contributed by atoms with E-state index in [2.05, 4.69) is 20.3 Å². The summed E-state index contributed by atoms with van der Waals surface area (Å²) in [7, 11) is 1.92. The molecule has 0 spiro atoms. The largest absolute Gasteiger partial charge is 0.358 e. The van der Waals surface area contributed by atoms with Crippen LogP contribution in [0.15, 0.2) is 41.7 Å². The number of nitrogens with zero attached hydrogens (tertiary/aromatic N) is 5. The van der Waals surface area contributed by atoms with E-state index in [0.717, 1.165) is 34.7 Å². The molecule has 1 N–H and O–H groups in total. The third-order valence-electron chi connectivity index (χ3n) is 5.75. The molecular formula is C23H23ClF2N6OS. The van der Waals surface area contributed by atoms with Crippen LogP contribution in [0.4, 0.5) is 20.2 Å². The molecule has 1 atom stereocenters. The van der Waals surface area contributed by atoms with Gasteiger partial charge in [-0.3, -0.25) is 4.57 Å². The molecule has 4 heterocycles. The summed E-state index contributed by atoms with van der Waals surface area (Å²) >= 11 is 7.90. The van der Waals surface area contributed by atoms with Crippen LogP contribution in [0.5, 0.6) is 0 Å². The molecule has 1 unspecified atom stereocenters. The maximum absolute atomic E-state index is 14.0. The Balaban J connectivity index is 1.58. The van der Waals surface area contributed by atoms with Gasteiger partial charge in [-0.05, 0) is 37.7 Å². The minimum atomic E-state index is -2.77. The maximum Gasteiger partial charge on any atom is 0.295 e. The molecule has 1 saturated heterocycles. The Labute approximate surface area is 204 Å². The minimum absolute atomic E-state index is 0.184. The summed E-state index contributed by atoms with van der Waals surface area (Å²) in [6.45, 7) is 0.512. The van der Waals surface area contributed by atoms with Gasteiger partial charge in [0, 0.05) is 36.4 Å². The summed E-state index contributed by atoms with van der Waals surface area (Å²) in [5.41, 5.74) is 3.77. The first-order chi connectivity index (χ1) is 16.4. The summed E-state index contributed by atoms with van der Waals surface area (Å²) in [5, 5.41) is 3.53. The first-order valence-electron chi connectivity index (χ1n) is 10.9. The van der Waals surface area contributed by atoms with Gasteiger partial charge in [-0.25, -0.2) is 23.7 Å². The topological polar surface area (TPSA) is 69.8 Å². The van der Waals surface area contributed by atoms with Gasteiger partial charge in [0.25, 0.3) is 6.43 Å². The number of imidazole rings is 2. The molecular weight excluding hydrogens is 482 g/mol. The van der Waals surface area contributed by atoms with Crippen LogP contribution in [0.1, 0.15) is 37.7 Å². The van der Waals surface area contributed by atoms with Gasteiger partial charge in [0.1, 0.15) is 16.9 Å². The average molecular weight is 505 g/mol. The first kappa shape index (κ1) is 23.1. The number of hydrogen-bond acceptors (Lipinski definition) is 6. The summed E-state index contributed by atoms with van der Waals surface area (Å²) in [6.07, 6.45) is 4.77. The zero-order valence-electron chi connectivity index (χ0n) is 18.6. The predicted molar refractivity (Wildman–Crippen MR) is 130 cm³/mol. The quantitative estimate of drug-likeness (QED) is 0.236. The number of anilines is 2. The smallest absolute Gasteiger partial charge is 0.295 e. The van der Waals surface area contributed by atoms with Gasteiger partial charge in [0.15, 0.2) is 11.5 Å². The third-order valence-corrected chi connectivity index (χ3v) is 6.73. The molecule has 3 aromatic heterocycles. The number of fused-ring (bicyclic) bond motifs is 1. The number of thioether (sulfide) groups is 1. The van der Waals surface area contributed by atoms with E-state index in [1.165, 1.54) is 4.57 Å². The van der Waals surface area contributed by atoms with Crippen molar-refractivity contribution in [2.45, 2.75) is 36.8 Å². The second-order valence-electron chi connectivity index (χ2n) is 8.09. The third kappa shape index (κ3) is 4.37. The van der Waals surface area contributed by atoms with Crippen molar-refractivity contribution in [2.24, 2.45) is 7.05 Å². The molecule has 0 bridgehead atoms. The highest BCUT2D eigenvalue weighted by Crippen LogP contribution is 2.38. The first-order valence-corrected chi connectivity index (χ1v) is 12.5. The summed E-state index contributed by atoms with van der Waals surface area (Å²) in [4.78, 5) is 14.0. The molecule has 1 fully saturated rings. The van der Waals surface area contributed by atoms with Gasteiger partial charge < -0.3 is 14.6 Å². The summed E-state index contributed by atoms with van der Waals surface area (Å²) in [5.74, 6) is -0.365. The Hall–Kier alpha value is -2.69. The van der Waals surface area contributed by atoms with E-state index in [1.54, 1.807) is 24.2 Å². The number of hydrogen-bond donors (Lipinski definition) is 1. The van der Waals surface area contributed by atoms with Crippen LogP contribution < -0.4 is 5.32 Å². The van der Waals surface area contributed by atoms with Gasteiger partial charge in [0.2, 0.25) is 0 Å². The number of alkyl halides is 2. The van der Waals surface area contributed by atoms with E-state index < -0.39 is 12.7 Å². The van der Waals surface area contributed by atoms with Gasteiger partial charge in [0.05, 0.1) is 23.4 Å². The van der Waals surface area contributed by atoms with Crippen molar-refractivity contribution < 1.29 is 13.5 Å². The van der Waals surface area contributed by atoms with Crippen LogP contribution in [0.3, 0.4) is 0 Å². The van der Waals surface area contributed by atoms with E-state index >= 15 is 0 Å². The number of rotatable bonds is 6. The van der Waals surface area contributed by atoms with Crippen LogP contribution in [-0.4, -0.2) is 36.9 Å². The average Bonchev–Trinajstić information content (AvgIpc) is 3.44. The molecule has 1 aliphatic heterocycles. The molecule has 34 heavy (non-hydrogen) atoms. The predicted octanol–water partition coefficient (Wildman–Crippen LogP) is 6.59. The monoisotopic (exact) mass is 504 g/mol. The lowest BCUT2D eigenvalue weighted by atomic mass is 10.1. The number of aryl methyl sites for hydroxylation is 1. The number of halogens is 3. The molecule has 178 valence electrons. The van der Waals surface area contributed by atoms with Crippen molar-refractivity contribution in [3.63, 3.8) is 0 Å². The SMILES string of the molecule is CSc1cc(-c2cn(C)cn2)ccc1Nc1cc(Cl)nc2c1nc(C(F)F)n2C1CCCCO1. The van der Waals surface area contributed by atoms with E-state index in [-0.39, 0.29) is 16.6 Å². The second kappa shape index (κ2) is 9.52. The number of pyridine rings is 1. The number of benzene rings is 1. The highest BCUT2D eigenvalue weighted by molar-refractivity contribution is 7.98. The van der Waals surface area contributed by atoms with Gasteiger partial charge >= 0.3 is 0 Å². The summed E-state index contributed by atoms with van der Waals surface area (Å²) in [6, 6.07) is 7.54. The number of nitrogens with one attached hydrogen (secondary N) is 1. The molecule has 1 aromatic carbocycles. The summed E-state index contributed by atoms with van der Waals surface area (Å²) < 4.78 is 37.0. The van der Waals surface area contributed by atoms with Gasteiger partial charge in [-0.1, -0.05) is 17.7 Å². The fourth-order valence-electron chi connectivity index (χ4n) is 4.17. The highest BCUT2D eigenvalue weighted by atomic mass is 35.5. The minimum Gasteiger partial charge on any atom is -0.358 e. The van der Waals surface area contributed by atoms with Gasteiger partial charge in [-0.2, -0.15) is 0 Å². The standard InChI is InChI=1S/C23H23ClF2N6OS/c1-31-11-16(27-12-31)13-6-7-14(17(9-13)34-2)28-15-10-18(24)29-22-20(15)30-23(21(25)26)32(22)19-5-3-4-8-33-19/h6-7,9-12,19,21H,3-5,8H2,1-2H3,(H,28,29). The highest BCUT2D eigenvalue weighted by Gasteiger charge is 2.29. The molecule has 1 aliphatic rings. The molecule has 0 saturated carbocycles. The second-order valence-corrected chi connectivity index (χ2v) is 9.33. The fraction of sp³-hybridized carbons (Fsp3) is 0.348. The maximum atomic E-state index is 14.0. The fourth-order valence-corrected chi connectivity index (χ4v) is 4.94.